The fraction of sp³-hybridized carbons (Fsp3) is 0.750. The van der Waals surface area contributed by atoms with Crippen molar-refractivity contribution in [2.24, 2.45) is 0 Å². The van der Waals surface area contributed by atoms with Gasteiger partial charge in [-0.15, -0.1) is 0 Å². The molecule has 0 aliphatic carbocycles. The van der Waals surface area contributed by atoms with E-state index in [0.717, 1.165) is 96.3 Å². The van der Waals surface area contributed by atoms with Crippen LogP contribution >= 0.6 is 0 Å². The number of esters is 3. The summed E-state index contributed by atoms with van der Waals surface area (Å²) in [6.45, 7) is 6.46. The fourth-order valence-corrected chi connectivity index (χ4v) is 7.77. The van der Waals surface area contributed by atoms with Gasteiger partial charge in [0.1, 0.15) is 13.2 Å². The summed E-state index contributed by atoms with van der Waals surface area (Å²) >= 11 is 0. The van der Waals surface area contributed by atoms with Crippen LogP contribution in [0.4, 0.5) is 0 Å². The van der Waals surface area contributed by atoms with E-state index in [1.54, 1.807) is 0 Å². The number of ether oxygens (including phenoxy) is 3. The van der Waals surface area contributed by atoms with Crippen molar-refractivity contribution in [3.63, 3.8) is 0 Å². The number of rotatable bonds is 50. The van der Waals surface area contributed by atoms with Crippen molar-refractivity contribution in [2.75, 3.05) is 13.2 Å². The van der Waals surface area contributed by atoms with E-state index in [2.05, 4.69) is 93.7 Å². The van der Waals surface area contributed by atoms with Crippen LogP contribution in [0, 0.1) is 0 Å². The SMILES string of the molecule is CC/C=C\C/C=C\CCCCCCCC(=O)OCC(COC(=O)CCCCCCCCCCCCCCCCCCCCC)OC(=O)CCC/C=C\C/C=C\C/C=C\C/C=C\CCCCC. The molecule has 0 radical (unpaired) electrons. The predicted molar refractivity (Wildman–Crippen MR) is 284 cm³/mol. The Morgan fingerprint density at radius 3 is 1.00 bits per heavy atom. The van der Waals surface area contributed by atoms with Gasteiger partial charge in [0.2, 0.25) is 0 Å². The number of hydrogen-bond donors (Lipinski definition) is 0. The van der Waals surface area contributed by atoms with Gasteiger partial charge in [-0.05, 0) is 83.5 Å². The average Bonchev–Trinajstić information content (AvgIpc) is 3.31. The summed E-state index contributed by atoms with van der Waals surface area (Å²) in [4.78, 5) is 38.0. The molecule has 0 N–H and O–H groups in total. The lowest BCUT2D eigenvalue weighted by molar-refractivity contribution is -0.167. The fourth-order valence-electron chi connectivity index (χ4n) is 7.77. The van der Waals surface area contributed by atoms with E-state index in [1.807, 2.05) is 0 Å². The maximum Gasteiger partial charge on any atom is 0.306 e. The molecule has 0 saturated carbocycles. The minimum absolute atomic E-state index is 0.0997. The molecule has 0 fully saturated rings. The highest BCUT2D eigenvalue weighted by Gasteiger charge is 2.19. The van der Waals surface area contributed by atoms with Gasteiger partial charge in [0.05, 0.1) is 0 Å². The molecule has 1 atom stereocenters. The maximum atomic E-state index is 12.8. The van der Waals surface area contributed by atoms with Crippen LogP contribution in [0.3, 0.4) is 0 Å². The van der Waals surface area contributed by atoms with E-state index >= 15 is 0 Å². The van der Waals surface area contributed by atoms with Gasteiger partial charge in [0, 0.05) is 19.3 Å². The lowest BCUT2D eigenvalue weighted by Crippen LogP contribution is -2.30. The van der Waals surface area contributed by atoms with E-state index in [9.17, 15) is 14.4 Å². The van der Waals surface area contributed by atoms with Gasteiger partial charge in [0.15, 0.2) is 6.10 Å². The molecular formula is C60H104O6. The molecule has 0 saturated heterocycles. The molecule has 0 aromatic carbocycles. The number of unbranched alkanes of at least 4 members (excludes halogenated alkanes) is 27. The molecule has 6 heteroatoms. The molecule has 0 heterocycles. The molecule has 0 spiro atoms. The highest BCUT2D eigenvalue weighted by atomic mass is 16.6. The van der Waals surface area contributed by atoms with Crippen molar-refractivity contribution < 1.29 is 28.6 Å². The zero-order valence-electron chi connectivity index (χ0n) is 43.4. The Labute approximate surface area is 408 Å². The zero-order valence-corrected chi connectivity index (χ0v) is 43.4. The van der Waals surface area contributed by atoms with Crippen LogP contribution in [0.2, 0.25) is 0 Å². The van der Waals surface area contributed by atoms with Crippen LogP contribution in [-0.2, 0) is 28.6 Å². The van der Waals surface area contributed by atoms with Crippen molar-refractivity contribution in [3.8, 4) is 0 Å². The molecule has 0 amide bonds. The average molecular weight is 921 g/mol. The Morgan fingerprint density at radius 2 is 0.606 bits per heavy atom. The molecule has 0 aliphatic heterocycles. The van der Waals surface area contributed by atoms with Crippen LogP contribution in [0.15, 0.2) is 72.9 Å². The zero-order chi connectivity index (χ0) is 47.9. The smallest absolute Gasteiger partial charge is 0.306 e. The Morgan fingerprint density at radius 1 is 0.318 bits per heavy atom. The Balaban J connectivity index is 4.42. The molecule has 1 unspecified atom stereocenters. The highest BCUT2D eigenvalue weighted by Crippen LogP contribution is 2.16. The third-order valence-electron chi connectivity index (χ3n) is 11.9. The summed E-state index contributed by atoms with van der Waals surface area (Å²) in [7, 11) is 0. The minimum atomic E-state index is -0.808. The second-order valence-corrected chi connectivity index (χ2v) is 18.5. The number of carbonyl (C=O) groups is 3. The molecule has 0 aromatic heterocycles. The van der Waals surface area contributed by atoms with E-state index in [1.165, 1.54) is 128 Å². The molecule has 6 nitrogen and oxygen atoms in total. The molecular weight excluding hydrogens is 817 g/mol. The standard InChI is InChI=1S/C60H104O6/c1-4-7-10-13-16-19-22-25-27-29-30-32-33-35-38-41-44-47-50-53-59(62)65-56-57(55-64-58(61)52-49-46-43-40-37-24-21-18-15-12-9-6-3)66-60(63)54-51-48-45-42-39-36-34-31-28-26-23-20-17-14-11-8-5-2/h9,12,17-18,20-21,26,28,34,36,42,45,57H,4-8,10-11,13-16,19,22-25,27,29-33,35,37-41,43-44,46-56H2,1-3H3/b12-9-,20-17-,21-18-,28-26-,36-34-,45-42-. The summed E-state index contributed by atoms with van der Waals surface area (Å²) in [6, 6.07) is 0. The van der Waals surface area contributed by atoms with Gasteiger partial charge >= 0.3 is 17.9 Å². The van der Waals surface area contributed by atoms with Gasteiger partial charge in [0.25, 0.3) is 0 Å². The Hall–Kier alpha value is -3.15. The lowest BCUT2D eigenvalue weighted by Gasteiger charge is -2.18. The van der Waals surface area contributed by atoms with Crippen LogP contribution in [-0.4, -0.2) is 37.2 Å². The molecule has 66 heavy (non-hydrogen) atoms. The van der Waals surface area contributed by atoms with Gasteiger partial charge < -0.3 is 14.2 Å². The number of hydrogen-bond acceptors (Lipinski definition) is 6. The largest absolute Gasteiger partial charge is 0.462 e. The van der Waals surface area contributed by atoms with Crippen molar-refractivity contribution in [3.05, 3.63) is 72.9 Å². The summed E-state index contributed by atoms with van der Waals surface area (Å²) in [6.07, 6.45) is 69.0. The molecule has 0 aliphatic rings. The van der Waals surface area contributed by atoms with Crippen molar-refractivity contribution >= 4 is 17.9 Å². The van der Waals surface area contributed by atoms with Crippen molar-refractivity contribution in [1.82, 2.24) is 0 Å². The predicted octanol–water partition coefficient (Wildman–Crippen LogP) is 18.6. The maximum absolute atomic E-state index is 12.8. The second kappa shape index (κ2) is 54.5. The molecule has 0 rings (SSSR count). The summed E-state index contributed by atoms with van der Waals surface area (Å²) in [5, 5.41) is 0. The van der Waals surface area contributed by atoms with E-state index in [4.69, 9.17) is 14.2 Å². The first kappa shape index (κ1) is 62.8. The molecule has 0 bridgehead atoms. The van der Waals surface area contributed by atoms with E-state index < -0.39 is 6.10 Å². The van der Waals surface area contributed by atoms with Crippen LogP contribution < -0.4 is 0 Å². The first-order valence-corrected chi connectivity index (χ1v) is 27.9. The van der Waals surface area contributed by atoms with Crippen LogP contribution in [0.1, 0.15) is 271 Å². The summed E-state index contributed by atoms with van der Waals surface area (Å²) in [5.41, 5.74) is 0. The van der Waals surface area contributed by atoms with Gasteiger partial charge in [-0.2, -0.15) is 0 Å². The van der Waals surface area contributed by atoms with Crippen molar-refractivity contribution in [2.45, 2.75) is 277 Å². The first-order chi connectivity index (χ1) is 32.5. The van der Waals surface area contributed by atoms with Gasteiger partial charge in [-0.3, -0.25) is 14.4 Å². The molecule has 0 aromatic rings. The third-order valence-corrected chi connectivity index (χ3v) is 11.9. The summed E-state index contributed by atoms with van der Waals surface area (Å²) in [5.74, 6) is -0.965. The highest BCUT2D eigenvalue weighted by molar-refractivity contribution is 5.71. The van der Waals surface area contributed by atoms with Crippen LogP contribution in [0.25, 0.3) is 0 Å². The van der Waals surface area contributed by atoms with E-state index in [0.29, 0.717) is 19.3 Å². The van der Waals surface area contributed by atoms with Gasteiger partial charge in [-0.1, -0.05) is 241 Å². The minimum Gasteiger partial charge on any atom is -0.462 e. The van der Waals surface area contributed by atoms with E-state index in [-0.39, 0.29) is 37.5 Å². The Kier molecular flexibility index (Phi) is 51.9. The van der Waals surface area contributed by atoms with Gasteiger partial charge in [-0.25, -0.2) is 0 Å². The second-order valence-electron chi connectivity index (χ2n) is 18.5. The lowest BCUT2D eigenvalue weighted by atomic mass is 10.0. The summed E-state index contributed by atoms with van der Waals surface area (Å²) < 4.78 is 16.8. The Bertz CT molecular complexity index is 1240. The van der Waals surface area contributed by atoms with Crippen molar-refractivity contribution in [1.29, 1.82) is 0 Å². The number of carbonyl (C=O) groups excluding carboxylic acids is 3. The first-order valence-electron chi connectivity index (χ1n) is 27.9. The topological polar surface area (TPSA) is 78.9 Å². The molecule has 380 valence electrons. The van der Waals surface area contributed by atoms with Crippen LogP contribution in [0.5, 0.6) is 0 Å². The quantitative estimate of drug-likeness (QED) is 0.0262. The normalized spacial score (nSPS) is 12.6. The third kappa shape index (κ3) is 51.8. The monoisotopic (exact) mass is 921 g/mol. The number of allylic oxidation sites excluding steroid dienone is 12.